The van der Waals surface area contributed by atoms with Crippen LogP contribution in [0.1, 0.15) is 25.8 Å². The molecular weight excluding hydrogens is 207 g/mol. The van der Waals surface area contributed by atoms with E-state index in [9.17, 15) is 0 Å². The third-order valence-electron chi connectivity index (χ3n) is 5.12. The summed E-state index contributed by atoms with van der Waals surface area (Å²) in [5, 5.41) is 6.32. The van der Waals surface area contributed by atoms with E-state index >= 15 is 0 Å². The Hall–Kier alpha value is -0.248. The summed E-state index contributed by atoms with van der Waals surface area (Å²) in [5.74, 6) is 1.01. The second-order valence-corrected chi connectivity index (χ2v) is 12.1. The predicted molar refractivity (Wildman–Crippen MR) is 74.6 cm³/mol. The van der Waals surface area contributed by atoms with Crippen molar-refractivity contribution < 1.29 is 0 Å². The van der Waals surface area contributed by atoms with E-state index in [1.54, 1.807) is 16.1 Å². The molecule has 1 saturated heterocycles. The largest absolute Gasteiger partial charge is 0.194 e. The van der Waals surface area contributed by atoms with Gasteiger partial charge in [0.1, 0.15) is 13.1 Å². The zero-order valence-corrected chi connectivity index (χ0v) is 11.9. The maximum atomic E-state index is 2.44. The Morgan fingerprint density at radius 3 is 2.38 bits per heavy atom. The molecule has 1 heterocycles. The van der Waals surface area contributed by atoms with Crippen molar-refractivity contribution in [3.8, 4) is 0 Å². The van der Waals surface area contributed by atoms with Crippen LogP contribution in [0.3, 0.4) is 0 Å². The van der Waals surface area contributed by atoms with Gasteiger partial charge in [-0.15, -0.1) is 13.8 Å². The van der Waals surface area contributed by atoms with Gasteiger partial charge in [-0.3, -0.25) is 0 Å². The maximum absolute atomic E-state index is 2.44. The van der Waals surface area contributed by atoms with Crippen molar-refractivity contribution in [3.05, 3.63) is 35.9 Å². The highest BCUT2D eigenvalue weighted by Crippen LogP contribution is 2.41. The third kappa shape index (κ3) is 2.71. The van der Waals surface area contributed by atoms with Crippen molar-refractivity contribution in [2.75, 3.05) is 0 Å². The van der Waals surface area contributed by atoms with Gasteiger partial charge in [-0.25, -0.2) is 0 Å². The van der Waals surface area contributed by atoms with Crippen LogP contribution in [0.4, 0.5) is 0 Å². The number of rotatable bonds is 4. The Balaban J connectivity index is 1.95. The third-order valence-corrected chi connectivity index (χ3v) is 11.8. The van der Waals surface area contributed by atoms with Crippen molar-refractivity contribution in [1.29, 1.82) is 0 Å². The molecule has 1 atom stereocenters. The van der Waals surface area contributed by atoms with Gasteiger partial charge in [0.2, 0.25) is 0 Å². The Morgan fingerprint density at radius 1 is 1.12 bits per heavy atom. The minimum Gasteiger partial charge on any atom is -0.194 e. The number of hydrogen-bond donors (Lipinski definition) is 0. The summed E-state index contributed by atoms with van der Waals surface area (Å²) in [5.41, 5.74) is 1.55. The number of benzene rings is 1. The molecule has 0 aliphatic carbocycles. The van der Waals surface area contributed by atoms with E-state index in [-0.39, 0.29) is 0 Å². The van der Waals surface area contributed by atoms with Crippen LogP contribution < -0.4 is 0 Å². The van der Waals surface area contributed by atoms with Crippen molar-refractivity contribution in [2.45, 2.75) is 47.8 Å². The van der Waals surface area contributed by atoms with Crippen LogP contribution in [0, 0.1) is 5.92 Å². The van der Waals surface area contributed by atoms with Crippen LogP contribution in [0.2, 0.25) is 21.1 Å². The molecule has 0 radical (unpaired) electrons. The van der Waals surface area contributed by atoms with Gasteiger partial charge in [0, 0.05) is 0 Å². The lowest BCUT2D eigenvalue weighted by Crippen LogP contribution is -2.28. The van der Waals surface area contributed by atoms with Crippen LogP contribution in [-0.2, 0) is 6.42 Å². The SMILES string of the molecule is C[CH2][Al-]1([CH2]C)[CH2]CC(Cc2ccccc2)[CH2]1. The smallest absolute Gasteiger partial charge is 0.134 e. The van der Waals surface area contributed by atoms with E-state index in [4.69, 9.17) is 0 Å². The molecule has 16 heavy (non-hydrogen) atoms. The summed E-state index contributed by atoms with van der Waals surface area (Å²) >= 11 is -1.09. The maximum Gasteiger partial charge on any atom is 0.134 e. The van der Waals surface area contributed by atoms with Crippen LogP contribution in [0.5, 0.6) is 0 Å². The molecule has 88 valence electrons. The topological polar surface area (TPSA) is 0 Å². The molecule has 0 N–H and O–H groups in total. The lowest BCUT2D eigenvalue weighted by Gasteiger charge is -2.27. The van der Waals surface area contributed by atoms with Crippen LogP contribution >= 0.6 is 0 Å². The summed E-state index contributed by atoms with van der Waals surface area (Å²) in [6, 6.07) is 11.1. The van der Waals surface area contributed by atoms with Gasteiger partial charge >= 0.3 is 0 Å². The van der Waals surface area contributed by atoms with E-state index in [0.717, 1.165) is 5.92 Å². The zero-order valence-electron chi connectivity index (χ0n) is 10.8. The molecule has 0 saturated carbocycles. The molecule has 0 amide bonds. The first-order valence-corrected chi connectivity index (χ1v) is 10.3. The molecule has 1 unspecified atom stereocenters. The Labute approximate surface area is 103 Å². The average Bonchev–Trinajstić information content (AvgIpc) is 2.75. The molecule has 0 bridgehead atoms. The van der Waals surface area contributed by atoms with Crippen LogP contribution in [-0.4, -0.2) is 13.1 Å². The first kappa shape index (κ1) is 12.2. The fourth-order valence-corrected chi connectivity index (χ4v) is 8.99. The molecule has 1 aliphatic heterocycles. The van der Waals surface area contributed by atoms with Gasteiger partial charge in [-0.1, -0.05) is 42.7 Å². The first-order valence-electron chi connectivity index (χ1n) is 7.04. The minimum absolute atomic E-state index is 1.01. The van der Waals surface area contributed by atoms with Gasteiger partial charge in [-0.05, 0) is 12.0 Å². The highest BCUT2D eigenvalue weighted by molar-refractivity contribution is 6.80. The normalized spacial score (nSPS) is 23.5. The summed E-state index contributed by atoms with van der Waals surface area (Å²) < 4.78 is 0. The molecule has 0 nitrogen and oxygen atoms in total. The summed E-state index contributed by atoms with van der Waals surface area (Å²) in [4.78, 5) is 0. The molecule has 1 aromatic carbocycles. The van der Waals surface area contributed by atoms with Gasteiger partial charge < -0.3 is 0 Å². The minimum atomic E-state index is -1.09. The van der Waals surface area contributed by atoms with E-state index < -0.39 is 13.1 Å². The van der Waals surface area contributed by atoms with Gasteiger partial charge in [-0.2, -0.15) is 21.1 Å². The van der Waals surface area contributed by atoms with Crippen molar-refractivity contribution in [3.63, 3.8) is 0 Å². The summed E-state index contributed by atoms with van der Waals surface area (Å²) in [6.45, 7) is 4.89. The Bertz CT molecular complexity index is 313. The molecule has 2 rings (SSSR count). The highest BCUT2D eigenvalue weighted by Gasteiger charge is 2.33. The van der Waals surface area contributed by atoms with Gasteiger partial charge in [0.05, 0.1) is 0 Å². The lowest BCUT2D eigenvalue weighted by molar-refractivity contribution is 0.586. The fourth-order valence-electron chi connectivity index (χ4n) is 3.70. The summed E-state index contributed by atoms with van der Waals surface area (Å²) in [6.07, 6.45) is 2.85. The van der Waals surface area contributed by atoms with E-state index in [1.165, 1.54) is 23.4 Å². The quantitative estimate of drug-likeness (QED) is 0.657. The second kappa shape index (κ2) is 5.39. The van der Waals surface area contributed by atoms with Crippen molar-refractivity contribution in [2.24, 2.45) is 5.92 Å². The highest BCUT2D eigenvalue weighted by atomic mass is 27.2. The molecule has 1 aliphatic rings. The Kier molecular flexibility index (Phi) is 4.11. The Morgan fingerprint density at radius 2 is 1.81 bits per heavy atom. The molecule has 1 heteroatoms. The van der Waals surface area contributed by atoms with Gasteiger partial charge in [0.25, 0.3) is 0 Å². The first-order chi connectivity index (χ1) is 7.78. The van der Waals surface area contributed by atoms with Crippen LogP contribution in [0.25, 0.3) is 0 Å². The number of hydrogen-bond acceptors (Lipinski definition) is 0. The lowest BCUT2D eigenvalue weighted by atomic mass is 9.99. The standard InChI is InChI=1S/C11H14.2C2H5.Al/c1-3-10(2)9-11-7-5-4-6-8-11;2*1-2;/h4-8,10H,1-3,9H2;2*1H2,2H3;/q;;;-1. The zero-order chi connectivity index (χ0) is 11.4. The second-order valence-electron chi connectivity index (χ2n) is 5.92. The molecule has 0 spiro atoms. The van der Waals surface area contributed by atoms with E-state index in [0.29, 0.717) is 0 Å². The molecule has 1 fully saturated rings. The molecule has 1 aromatic rings. The fraction of sp³-hybridized carbons (Fsp3) is 0.600. The molecular formula is C15H24Al-. The van der Waals surface area contributed by atoms with Crippen molar-refractivity contribution in [1.82, 2.24) is 0 Å². The van der Waals surface area contributed by atoms with Gasteiger partial charge in [0.15, 0.2) is 0 Å². The monoisotopic (exact) mass is 231 g/mol. The van der Waals surface area contributed by atoms with Crippen molar-refractivity contribution >= 4 is 13.1 Å². The predicted octanol–water partition coefficient (Wildman–Crippen LogP) is 4.74. The van der Waals surface area contributed by atoms with E-state index in [2.05, 4.69) is 44.2 Å². The van der Waals surface area contributed by atoms with Crippen LogP contribution in [0.15, 0.2) is 30.3 Å². The summed E-state index contributed by atoms with van der Waals surface area (Å²) in [7, 11) is 0. The van der Waals surface area contributed by atoms with E-state index in [1.807, 2.05) is 0 Å². The average molecular weight is 231 g/mol. The molecule has 0 aromatic heterocycles.